The van der Waals surface area contributed by atoms with Crippen LogP contribution in [0, 0.1) is 0 Å². The standard InChI is InChI=1S/C18H23N5O3/c1-2-26-15-6-4-3-5-14(15)21-18(24)20-13-16-19-8-7-17(22-16)23-9-11-25-12-10-23/h3-8H,2,9-13H2,1H3,(H2,20,21,24). The number of ether oxygens (including phenoxy) is 2. The summed E-state index contributed by atoms with van der Waals surface area (Å²) in [6.07, 6.45) is 1.71. The van der Waals surface area contributed by atoms with Gasteiger partial charge in [-0.3, -0.25) is 0 Å². The van der Waals surface area contributed by atoms with Gasteiger partial charge in [0.2, 0.25) is 0 Å². The maximum absolute atomic E-state index is 12.2. The number of aromatic nitrogens is 2. The van der Waals surface area contributed by atoms with E-state index < -0.39 is 0 Å². The van der Waals surface area contributed by atoms with Gasteiger partial charge in [-0.15, -0.1) is 0 Å². The minimum Gasteiger partial charge on any atom is -0.492 e. The number of carbonyl (C=O) groups excluding carboxylic acids is 1. The van der Waals surface area contributed by atoms with Crippen LogP contribution in [0.1, 0.15) is 12.7 Å². The first-order chi connectivity index (χ1) is 12.8. The highest BCUT2D eigenvalue weighted by Gasteiger charge is 2.13. The Morgan fingerprint density at radius 3 is 2.88 bits per heavy atom. The van der Waals surface area contributed by atoms with E-state index in [1.807, 2.05) is 31.2 Å². The number of hydrogen-bond acceptors (Lipinski definition) is 6. The molecule has 0 spiro atoms. The molecular formula is C18H23N5O3. The molecule has 1 aromatic carbocycles. The Labute approximate surface area is 152 Å². The van der Waals surface area contributed by atoms with Crippen molar-refractivity contribution in [1.82, 2.24) is 15.3 Å². The minimum absolute atomic E-state index is 0.237. The van der Waals surface area contributed by atoms with Crippen LogP contribution in [-0.4, -0.2) is 48.9 Å². The quantitative estimate of drug-likeness (QED) is 0.822. The maximum Gasteiger partial charge on any atom is 0.319 e. The Balaban J connectivity index is 1.56. The van der Waals surface area contributed by atoms with Crippen molar-refractivity contribution < 1.29 is 14.3 Å². The van der Waals surface area contributed by atoms with Crippen LogP contribution in [0.4, 0.5) is 16.3 Å². The Morgan fingerprint density at radius 1 is 1.27 bits per heavy atom. The van der Waals surface area contributed by atoms with Crippen molar-refractivity contribution in [2.75, 3.05) is 43.1 Å². The average molecular weight is 357 g/mol. The van der Waals surface area contributed by atoms with Crippen molar-refractivity contribution in [3.05, 3.63) is 42.4 Å². The van der Waals surface area contributed by atoms with E-state index in [0.717, 1.165) is 18.9 Å². The number of para-hydroxylation sites is 2. The van der Waals surface area contributed by atoms with Crippen molar-refractivity contribution in [2.45, 2.75) is 13.5 Å². The first-order valence-corrected chi connectivity index (χ1v) is 8.67. The van der Waals surface area contributed by atoms with Gasteiger partial charge < -0.3 is 25.0 Å². The van der Waals surface area contributed by atoms with Crippen molar-refractivity contribution in [1.29, 1.82) is 0 Å². The predicted octanol–water partition coefficient (Wildman–Crippen LogP) is 2.03. The summed E-state index contributed by atoms with van der Waals surface area (Å²) >= 11 is 0. The molecule has 1 saturated heterocycles. The zero-order chi connectivity index (χ0) is 18.2. The lowest BCUT2D eigenvalue weighted by atomic mass is 10.3. The smallest absolute Gasteiger partial charge is 0.319 e. The fourth-order valence-corrected chi connectivity index (χ4v) is 2.62. The van der Waals surface area contributed by atoms with Gasteiger partial charge in [-0.05, 0) is 25.1 Å². The zero-order valence-electron chi connectivity index (χ0n) is 14.8. The molecule has 1 aliphatic rings. The van der Waals surface area contributed by atoms with Crippen LogP contribution in [0.3, 0.4) is 0 Å². The average Bonchev–Trinajstić information content (AvgIpc) is 2.69. The lowest BCUT2D eigenvalue weighted by Crippen LogP contribution is -2.37. The summed E-state index contributed by atoms with van der Waals surface area (Å²) in [6.45, 7) is 5.66. The molecule has 2 aromatic rings. The SMILES string of the molecule is CCOc1ccccc1NC(=O)NCc1nccc(N2CCOCC2)n1. The summed E-state index contributed by atoms with van der Waals surface area (Å²) in [5.74, 6) is 2.04. The number of morpholine rings is 1. The number of rotatable bonds is 6. The van der Waals surface area contributed by atoms with E-state index >= 15 is 0 Å². The second-order valence-corrected chi connectivity index (χ2v) is 5.67. The molecule has 2 N–H and O–H groups in total. The molecule has 0 radical (unpaired) electrons. The van der Waals surface area contributed by atoms with Gasteiger partial charge in [-0.2, -0.15) is 0 Å². The number of benzene rings is 1. The molecule has 138 valence electrons. The highest BCUT2D eigenvalue weighted by Crippen LogP contribution is 2.23. The molecule has 2 amide bonds. The van der Waals surface area contributed by atoms with E-state index in [0.29, 0.717) is 37.1 Å². The number of urea groups is 1. The van der Waals surface area contributed by atoms with Crippen LogP contribution in [0.5, 0.6) is 5.75 Å². The van der Waals surface area contributed by atoms with Gasteiger partial charge in [0.15, 0.2) is 0 Å². The molecule has 0 unspecified atom stereocenters. The normalized spacial score (nSPS) is 14.0. The Hall–Kier alpha value is -2.87. The molecule has 3 rings (SSSR count). The second kappa shape index (κ2) is 9.00. The van der Waals surface area contributed by atoms with Crippen LogP contribution in [0.25, 0.3) is 0 Å². The molecule has 0 saturated carbocycles. The molecular weight excluding hydrogens is 334 g/mol. The Bertz CT molecular complexity index is 734. The fraction of sp³-hybridized carbons (Fsp3) is 0.389. The predicted molar refractivity (Wildman–Crippen MR) is 98.5 cm³/mol. The number of hydrogen-bond donors (Lipinski definition) is 2. The Morgan fingerprint density at radius 2 is 2.08 bits per heavy atom. The molecule has 1 aliphatic heterocycles. The lowest BCUT2D eigenvalue weighted by molar-refractivity contribution is 0.122. The topological polar surface area (TPSA) is 88.6 Å². The maximum atomic E-state index is 12.2. The summed E-state index contributed by atoms with van der Waals surface area (Å²) < 4.78 is 10.9. The third-order valence-electron chi connectivity index (χ3n) is 3.87. The Kier molecular flexibility index (Phi) is 6.21. The van der Waals surface area contributed by atoms with Gasteiger partial charge in [-0.1, -0.05) is 12.1 Å². The van der Waals surface area contributed by atoms with Gasteiger partial charge in [0.05, 0.1) is 32.1 Å². The van der Waals surface area contributed by atoms with E-state index in [9.17, 15) is 4.79 Å². The fourth-order valence-electron chi connectivity index (χ4n) is 2.62. The molecule has 2 heterocycles. The highest BCUT2D eigenvalue weighted by atomic mass is 16.5. The van der Waals surface area contributed by atoms with Crippen molar-refractivity contribution in [3.63, 3.8) is 0 Å². The van der Waals surface area contributed by atoms with E-state index in [-0.39, 0.29) is 12.6 Å². The molecule has 0 atom stereocenters. The largest absolute Gasteiger partial charge is 0.492 e. The van der Waals surface area contributed by atoms with Crippen LogP contribution < -0.4 is 20.3 Å². The number of carbonyl (C=O) groups is 1. The summed E-state index contributed by atoms with van der Waals surface area (Å²) in [4.78, 5) is 23.1. The van der Waals surface area contributed by atoms with Crippen molar-refractivity contribution in [2.24, 2.45) is 0 Å². The number of anilines is 2. The van der Waals surface area contributed by atoms with E-state index in [2.05, 4.69) is 25.5 Å². The number of amides is 2. The van der Waals surface area contributed by atoms with Crippen LogP contribution >= 0.6 is 0 Å². The van der Waals surface area contributed by atoms with E-state index in [1.54, 1.807) is 12.3 Å². The van der Waals surface area contributed by atoms with Gasteiger partial charge in [-0.25, -0.2) is 14.8 Å². The first kappa shape index (κ1) is 17.9. The monoisotopic (exact) mass is 357 g/mol. The van der Waals surface area contributed by atoms with Crippen LogP contribution in [0.15, 0.2) is 36.5 Å². The molecule has 1 aromatic heterocycles. The van der Waals surface area contributed by atoms with Gasteiger partial charge in [0.25, 0.3) is 0 Å². The third kappa shape index (κ3) is 4.82. The molecule has 26 heavy (non-hydrogen) atoms. The molecule has 8 heteroatoms. The van der Waals surface area contributed by atoms with E-state index in [4.69, 9.17) is 9.47 Å². The molecule has 1 fully saturated rings. The van der Waals surface area contributed by atoms with Gasteiger partial charge in [0.1, 0.15) is 17.4 Å². The van der Waals surface area contributed by atoms with Gasteiger partial charge in [0, 0.05) is 19.3 Å². The molecule has 0 aliphatic carbocycles. The van der Waals surface area contributed by atoms with Crippen LogP contribution in [0.2, 0.25) is 0 Å². The summed E-state index contributed by atoms with van der Waals surface area (Å²) in [6, 6.07) is 8.84. The first-order valence-electron chi connectivity index (χ1n) is 8.67. The van der Waals surface area contributed by atoms with E-state index in [1.165, 1.54) is 0 Å². The molecule has 0 bridgehead atoms. The van der Waals surface area contributed by atoms with Gasteiger partial charge >= 0.3 is 6.03 Å². The van der Waals surface area contributed by atoms with Crippen molar-refractivity contribution in [3.8, 4) is 5.75 Å². The summed E-state index contributed by atoms with van der Waals surface area (Å²) in [5, 5.41) is 5.56. The summed E-state index contributed by atoms with van der Waals surface area (Å²) in [7, 11) is 0. The zero-order valence-corrected chi connectivity index (χ0v) is 14.8. The number of nitrogens with one attached hydrogen (secondary N) is 2. The van der Waals surface area contributed by atoms with Crippen molar-refractivity contribution >= 4 is 17.5 Å². The minimum atomic E-state index is -0.336. The highest BCUT2D eigenvalue weighted by molar-refractivity contribution is 5.90. The number of nitrogens with zero attached hydrogens (tertiary/aromatic N) is 3. The second-order valence-electron chi connectivity index (χ2n) is 5.67. The summed E-state index contributed by atoms with van der Waals surface area (Å²) in [5.41, 5.74) is 0.620. The van der Waals surface area contributed by atoms with Crippen LogP contribution in [-0.2, 0) is 11.3 Å². The molecule has 8 nitrogen and oxygen atoms in total. The third-order valence-corrected chi connectivity index (χ3v) is 3.87. The lowest BCUT2D eigenvalue weighted by Gasteiger charge is -2.27.